The molecule has 1 unspecified atom stereocenters. The number of nitrogens with zero attached hydrogens (tertiary/aromatic N) is 2. The lowest BCUT2D eigenvalue weighted by molar-refractivity contribution is -0.129. The average Bonchev–Trinajstić information content (AvgIpc) is 3.11. The van der Waals surface area contributed by atoms with Crippen molar-refractivity contribution in [1.82, 2.24) is 15.5 Å². The number of guanidine groups is 1. The van der Waals surface area contributed by atoms with Gasteiger partial charge in [-0.1, -0.05) is 6.92 Å². The van der Waals surface area contributed by atoms with Crippen molar-refractivity contribution in [3.8, 4) is 0 Å². The Kier molecular flexibility index (Phi) is 5.61. The summed E-state index contributed by atoms with van der Waals surface area (Å²) in [6, 6.07) is 4.55. The van der Waals surface area contributed by atoms with Gasteiger partial charge < -0.3 is 15.5 Å². The van der Waals surface area contributed by atoms with Crippen molar-refractivity contribution < 1.29 is 4.79 Å². The summed E-state index contributed by atoms with van der Waals surface area (Å²) in [7, 11) is 1.78. The highest BCUT2D eigenvalue weighted by molar-refractivity contribution is 7.11. The van der Waals surface area contributed by atoms with Gasteiger partial charge in [0.25, 0.3) is 0 Å². The zero-order valence-electron chi connectivity index (χ0n) is 13.0. The monoisotopic (exact) mass is 308 g/mol. The van der Waals surface area contributed by atoms with E-state index in [1.54, 1.807) is 18.4 Å². The molecule has 2 heterocycles. The van der Waals surface area contributed by atoms with E-state index in [-0.39, 0.29) is 11.9 Å². The lowest BCUT2D eigenvalue weighted by Crippen LogP contribution is -2.44. The van der Waals surface area contributed by atoms with Crippen LogP contribution in [0, 0.1) is 6.92 Å². The largest absolute Gasteiger partial charge is 0.352 e. The minimum Gasteiger partial charge on any atom is -0.352 e. The van der Waals surface area contributed by atoms with E-state index in [1.807, 2.05) is 11.8 Å². The zero-order chi connectivity index (χ0) is 15.2. The Labute approximate surface area is 130 Å². The second-order valence-electron chi connectivity index (χ2n) is 5.26. The van der Waals surface area contributed by atoms with Gasteiger partial charge in [-0.3, -0.25) is 9.79 Å². The summed E-state index contributed by atoms with van der Waals surface area (Å²) in [6.45, 7) is 6.41. The van der Waals surface area contributed by atoms with Crippen molar-refractivity contribution in [1.29, 1.82) is 0 Å². The molecule has 0 aromatic carbocycles. The maximum atomic E-state index is 11.7. The van der Waals surface area contributed by atoms with E-state index in [9.17, 15) is 4.79 Å². The number of nitrogens with one attached hydrogen (secondary N) is 2. The second-order valence-corrected chi connectivity index (χ2v) is 6.63. The molecule has 1 aromatic rings. The SMILES string of the molecule is CCC(=O)N1CCC(NC(=NC)NCc2ccc(C)s2)C1. The summed E-state index contributed by atoms with van der Waals surface area (Å²) in [4.78, 5) is 20.5. The molecular weight excluding hydrogens is 284 g/mol. The third-order valence-corrected chi connectivity index (χ3v) is 4.63. The molecule has 0 aliphatic carbocycles. The molecule has 0 spiro atoms. The van der Waals surface area contributed by atoms with Crippen molar-refractivity contribution in [3.63, 3.8) is 0 Å². The molecule has 1 saturated heterocycles. The lowest BCUT2D eigenvalue weighted by Gasteiger charge is -2.18. The van der Waals surface area contributed by atoms with Crippen molar-refractivity contribution in [3.05, 3.63) is 21.9 Å². The summed E-state index contributed by atoms with van der Waals surface area (Å²) >= 11 is 1.79. The van der Waals surface area contributed by atoms with E-state index >= 15 is 0 Å². The van der Waals surface area contributed by atoms with Gasteiger partial charge in [-0.2, -0.15) is 0 Å². The van der Waals surface area contributed by atoms with Crippen LogP contribution >= 0.6 is 11.3 Å². The van der Waals surface area contributed by atoms with Crippen LogP contribution in [0.2, 0.25) is 0 Å². The van der Waals surface area contributed by atoms with Gasteiger partial charge in [-0.05, 0) is 25.5 Å². The number of thiophene rings is 1. The Hall–Kier alpha value is -1.56. The Morgan fingerprint density at radius 2 is 2.33 bits per heavy atom. The number of rotatable bonds is 4. The average molecular weight is 308 g/mol. The van der Waals surface area contributed by atoms with Gasteiger partial charge >= 0.3 is 0 Å². The summed E-state index contributed by atoms with van der Waals surface area (Å²) in [5, 5.41) is 6.73. The van der Waals surface area contributed by atoms with Gasteiger partial charge in [-0.15, -0.1) is 11.3 Å². The standard InChI is InChI=1S/C15H24N4OS/c1-4-14(20)19-8-7-12(10-19)18-15(16-3)17-9-13-6-5-11(2)21-13/h5-6,12H,4,7-10H2,1-3H3,(H2,16,17,18). The van der Waals surface area contributed by atoms with Crippen molar-refractivity contribution >= 4 is 23.2 Å². The molecule has 1 aliphatic heterocycles. The Bertz CT molecular complexity index is 512. The van der Waals surface area contributed by atoms with E-state index in [0.29, 0.717) is 6.42 Å². The first kappa shape index (κ1) is 15.8. The summed E-state index contributed by atoms with van der Waals surface area (Å²) in [5.74, 6) is 1.04. The van der Waals surface area contributed by atoms with E-state index in [1.165, 1.54) is 9.75 Å². The number of likely N-dealkylation sites (tertiary alicyclic amines) is 1. The molecule has 2 N–H and O–H groups in total. The van der Waals surface area contributed by atoms with Crippen LogP contribution in [-0.4, -0.2) is 42.9 Å². The molecule has 0 bridgehead atoms. The fourth-order valence-corrected chi connectivity index (χ4v) is 3.30. The quantitative estimate of drug-likeness (QED) is 0.658. The predicted molar refractivity (Wildman–Crippen MR) is 87.7 cm³/mol. The van der Waals surface area contributed by atoms with Gasteiger partial charge in [0.15, 0.2) is 5.96 Å². The Morgan fingerprint density at radius 3 is 2.95 bits per heavy atom. The number of amides is 1. The van der Waals surface area contributed by atoms with Crippen LogP contribution in [0.25, 0.3) is 0 Å². The first-order chi connectivity index (χ1) is 10.1. The predicted octanol–water partition coefficient (Wildman–Crippen LogP) is 1.73. The van der Waals surface area contributed by atoms with E-state index in [2.05, 4.69) is 34.7 Å². The molecule has 116 valence electrons. The van der Waals surface area contributed by atoms with Crippen LogP contribution in [0.1, 0.15) is 29.5 Å². The molecule has 1 aliphatic rings. The van der Waals surface area contributed by atoms with Crippen LogP contribution in [0.4, 0.5) is 0 Å². The van der Waals surface area contributed by atoms with Gasteiger partial charge in [0.05, 0.1) is 6.54 Å². The van der Waals surface area contributed by atoms with Crippen molar-refractivity contribution in [2.45, 2.75) is 39.3 Å². The molecular formula is C15H24N4OS. The maximum Gasteiger partial charge on any atom is 0.222 e. The number of hydrogen-bond acceptors (Lipinski definition) is 3. The fraction of sp³-hybridized carbons (Fsp3) is 0.600. The number of aryl methyl sites for hydroxylation is 1. The number of aliphatic imine (C=N–C) groups is 1. The Balaban J connectivity index is 1.79. The highest BCUT2D eigenvalue weighted by Gasteiger charge is 2.25. The van der Waals surface area contributed by atoms with Crippen LogP contribution in [0.5, 0.6) is 0 Å². The smallest absolute Gasteiger partial charge is 0.222 e. The molecule has 0 saturated carbocycles. The molecule has 0 radical (unpaired) electrons. The van der Waals surface area contributed by atoms with Gasteiger partial charge in [0.1, 0.15) is 0 Å². The van der Waals surface area contributed by atoms with Crippen LogP contribution in [-0.2, 0) is 11.3 Å². The second kappa shape index (κ2) is 7.45. The summed E-state index contributed by atoms with van der Waals surface area (Å²) in [6.07, 6.45) is 1.56. The third-order valence-electron chi connectivity index (χ3n) is 3.63. The molecule has 1 aromatic heterocycles. The normalized spacial score (nSPS) is 18.9. The molecule has 2 rings (SSSR count). The molecule has 21 heavy (non-hydrogen) atoms. The number of carbonyl (C=O) groups excluding carboxylic acids is 1. The van der Waals surface area contributed by atoms with E-state index < -0.39 is 0 Å². The summed E-state index contributed by atoms with van der Waals surface area (Å²) < 4.78 is 0. The van der Waals surface area contributed by atoms with E-state index in [0.717, 1.165) is 32.0 Å². The van der Waals surface area contributed by atoms with E-state index in [4.69, 9.17) is 0 Å². The van der Waals surface area contributed by atoms with Crippen LogP contribution < -0.4 is 10.6 Å². The molecule has 1 amide bonds. The highest BCUT2D eigenvalue weighted by atomic mass is 32.1. The first-order valence-electron chi connectivity index (χ1n) is 7.42. The fourth-order valence-electron chi connectivity index (χ4n) is 2.47. The molecule has 6 heteroatoms. The van der Waals surface area contributed by atoms with Crippen molar-refractivity contribution in [2.75, 3.05) is 20.1 Å². The molecule has 1 fully saturated rings. The first-order valence-corrected chi connectivity index (χ1v) is 8.24. The topological polar surface area (TPSA) is 56.7 Å². The molecule has 5 nitrogen and oxygen atoms in total. The van der Waals surface area contributed by atoms with Crippen LogP contribution in [0.3, 0.4) is 0 Å². The number of carbonyl (C=O) groups is 1. The zero-order valence-corrected chi connectivity index (χ0v) is 13.8. The minimum atomic E-state index is 0.233. The Morgan fingerprint density at radius 1 is 1.52 bits per heavy atom. The minimum absolute atomic E-state index is 0.233. The lowest BCUT2D eigenvalue weighted by atomic mass is 10.3. The third kappa shape index (κ3) is 4.46. The number of hydrogen-bond donors (Lipinski definition) is 2. The van der Waals surface area contributed by atoms with Gasteiger partial charge in [0.2, 0.25) is 5.91 Å². The molecule has 1 atom stereocenters. The van der Waals surface area contributed by atoms with Gasteiger partial charge in [-0.25, -0.2) is 0 Å². The van der Waals surface area contributed by atoms with Gasteiger partial charge in [0, 0.05) is 42.4 Å². The maximum absolute atomic E-state index is 11.7. The summed E-state index contributed by atoms with van der Waals surface area (Å²) in [5.41, 5.74) is 0. The highest BCUT2D eigenvalue weighted by Crippen LogP contribution is 2.14. The van der Waals surface area contributed by atoms with Crippen LogP contribution in [0.15, 0.2) is 17.1 Å². The van der Waals surface area contributed by atoms with Crippen molar-refractivity contribution in [2.24, 2.45) is 4.99 Å².